The fraction of sp³-hybridized carbons (Fsp3) is 0.625. The van der Waals surface area contributed by atoms with Crippen molar-refractivity contribution < 1.29 is 4.79 Å². The van der Waals surface area contributed by atoms with Crippen LogP contribution < -0.4 is 0 Å². The van der Waals surface area contributed by atoms with E-state index in [9.17, 15) is 4.79 Å². The molecule has 1 unspecified atom stereocenters. The van der Waals surface area contributed by atoms with Crippen LogP contribution >= 0.6 is 11.6 Å². The van der Waals surface area contributed by atoms with Crippen molar-refractivity contribution >= 4 is 17.4 Å². The smallest absolute Gasteiger partial charge is 0.185 e. The number of aromatic nitrogens is 3. The van der Waals surface area contributed by atoms with Crippen LogP contribution in [0.3, 0.4) is 0 Å². The summed E-state index contributed by atoms with van der Waals surface area (Å²) in [5, 5.41) is 3.80. The van der Waals surface area contributed by atoms with E-state index in [0.717, 1.165) is 0 Å². The number of alkyl halides is 1. The third-order valence-corrected chi connectivity index (χ3v) is 2.02. The molecule has 4 nitrogen and oxygen atoms in total. The molecule has 0 aliphatic rings. The lowest BCUT2D eigenvalue weighted by molar-refractivity contribution is -0.127. The Morgan fingerprint density at radius 1 is 1.54 bits per heavy atom. The summed E-state index contributed by atoms with van der Waals surface area (Å²) in [7, 11) is 0. The first-order valence-corrected chi connectivity index (χ1v) is 4.39. The van der Waals surface area contributed by atoms with Gasteiger partial charge >= 0.3 is 0 Å². The molecule has 0 saturated carbocycles. The molecule has 0 spiro atoms. The summed E-state index contributed by atoms with van der Waals surface area (Å²) in [5.41, 5.74) is -1.22. The van der Waals surface area contributed by atoms with Gasteiger partial charge in [0.1, 0.15) is 12.7 Å². The van der Waals surface area contributed by atoms with Crippen molar-refractivity contribution in [2.24, 2.45) is 5.41 Å². The van der Waals surface area contributed by atoms with E-state index in [-0.39, 0.29) is 5.78 Å². The van der Waals surface area contributed by atoms with E-state index in [0.29, 0.717) is 0 Å². The van der Waals surface area contributed by atoms with Gasteiger partial charge in [0.05, 0.1) is 0 Å². The molecule has 0 aliphatic heterocycles. The third-order valence-electron chi connectivity index (χ3n) is 1.62. The lowest BCUT2D eigenvalue weighted by atomic mass is 9.91. The predicted molar refractivity (Wildman–Crippen MR) is 49.4 cm³/mol. The zero-order chi connectivity index (χ0) is 10.1. The number of carbonyl (C=O) groups is 1. The summed E-state index contributed by atoms with van der Waals surface area (Å²) in [6.07, 6.45) is 2.78. The van der Waals surface area contributed by atoms with Crippen molar-refractivity contribution in [2.45, 2.75) is 26.3 Å². The van der Waals surface area contributed by atoms with Crippen molar-refractivity contribution in [2.75, 3.05) is 0 Å². The Hall–Kier alpha value is -0.900. The van der Waals surface area contributed by atoms with Gasteiger partial charge in [-0.25, -0.2) is 9.67 Å². The zero-order valence-electron chi connectivity index (χ0n) is 7.86. The molecule has 0 bridgehead atoms. The molecule has 0 N–H and O–H groups in total. The van der Waals surface area contributed by atoms with Crippen LogP contribution in [0.5, 0.6) is 0 Å². The van der Waals surface area contributed by atoms with E-state index in [1.165, 1.54) is 17.3 Å². The highest BCUT2D eigenvalue weighted by Crippen LogP contribution is 2.25. The predicted octanol–water partition coefficient (Wildman–Crippen LogP) is 1.63. The number of hydrogen-bond acceptors (Lipinski definition) is 3. The van der Waals surface area contributed by atoms with Crippen LogP contribution in [0.1, 0.15) is 26.3 Å². The summed E-state index contributed by atoms with van der Waals surface area (Å²) < 4.78 is 1.34. The molecule has 13 heavy (non-hydrogen) atoms. The fourth-order valence-corrected chi connectivity index (χ4v) is 1.24. The molecule has 5 heteroatoms. The SMILES string of the molecule is CC(C)(C)C(=O)C(Cl)n1cncn1. The number of rotatable bonds is 2. The molecular weight excluding hydrogens is 190 g/mol. The molecule has 72 valence electrons. The molecule has 1 aromatic rings. The molecule has 1 aromatic heterocycles. The monoisotopic (exact) mass is 201 g/mol. The number of ketones is 1. The average Bonchev–Trinajstić information content (AvgIpc) is 2.51. The van der Waals surface area contributed by atoms with E-state index < -0.39 is 10.9 Å². The fourth-order valence-electron chi connectivity index (χ4n) is 0.812. The number of halogens is 1. The van der Waals surface area contributed by atoms with Crippen molar-refractivity contribution in [3.8, 4) is 0 Å². The summed E-state index contributed by atoms with van der Waals surface area (Å²) >= 11 is 5.89. The third kappa shape index (κ3) is 2.28. The van der Waals surface area contributed by atoms with Gasteiger partial charge in [-0.3, -0.25) is 4.79 Å². The standard InChI is InChI=1S/C8H12ClN3O/c1-8(2,3)6(13)7(9)12-5-10-4-11-12/h4-5,7H,1-3H3. The van der Waals surface area contributed by atoms with E-state index in [1.54, 1.807) is 0 Å². The minimum atomic E-state index is -0.762. The second-order valence-electron chi connectivity index (χ2n) is 3.83. The van der Waals surface area contributed by atoms with Crippen molar-refractivity contribution in [3.05, 3.63) is 12.7 Å². The number of carbonyl (C=O) groups excluding carboxylic acids is 1. The number of Topliss-reactive ketones (excluding diaryl/α,β-unsaturated/α-hetero) is 1. The second kappa shape index (κ2) is 3.46. The van der Waals surface area contributed by atoms with Crippen LogP contribution in [0.25, 0.3) is 0 Å². The van der Waals surface area contributed by atoms with Gasteiger partial charge in [-0.15, -0.1) is 0 Å². The number of nitrogens with zero attached hydrogens (tertiary/aromatic N) is 3. The first kappa shape index (κ1) is 10.2. The Morgan fingerprint density at radius 3 is 2.54 bits per heavy atom. The maximum absolute atomic E-state index is 11.6. The lowest BCUT2D eigenvalue weighted by Crippen LogP contribution is -2.27. The lowest BCUT2D eigenvalue weighted by Gasteiger charge is -2.19. The van der Waals surface area contributed by atoms with Crippen molar-refractivity contribution in [1.82, 2.24) is 14.8 Å². The van der Waals surface area contributed by atoms with Gasteiger partial charge < -0.3 is 0 Å². The highest BCUT2D eigenvalue weighted by molar-refractivity contribution is 6.29. The molecular formula is C8H12ClN3O. The molecule has 0 amide bonds. The van der Waals surface area contributed by atoms with Gasteiger partial charge in [0.25, 0.3) is 0 Å². The minimum Gasteiger partial charge on any atom is -0.295 e. The summed E-state index contributed by atoms with van der Waals surface area (Å²) in [4.78, 5) is 15.4. The van der Waals surface area contributed by atoms with Crippen LogP contribution in [0, 0.1) is 5.41 Å². The molecule has 0 aliphatic carbocycles. The van der Waals surface area contributed by atoms with Gasteiger partial charge in [0.2, 0.25) is 0 Å². The Labute approximate surface area is 81.9 Å². The van der Waals surface area contributed by atoms with E-state index >= 15 is 0 Å². The maximum atomic E-state index is 11.6. The van der Waals surface area contributed by atoms with Crippen molar-refractivity contribution in [3.63, 3.8) is 0 Å². The van der Waals surface area contributed by atoms with Crippen LogP contribution in [0.4, 0.5) is 0 Å². The summed E-state index contributed by atoms with van der Waals surface area (Å²) in [5.74, 6) is -0.0698. The van der Waals surface area contributed by atoms with Gasteiger partial charge in [0.15, 0.2) is 11.3 Å². The van der Waals surface area contributed by atoms with Gasteiger partial charge in [-0.05, 0) is 0 Å². The largest absolute Gasteiger partial charge is 0.295 e. The summed E-state index contributed by atoms with van der Waals surface area (Å²) in [6.45, 7) is 5.46. The minimum absolute atomic E-state index is 0.0698. The Kier molecular flexibility index (Phi) is 2.71. The molecule has 1 atom stereocenters. The molecule has 0 saturated heterocycles. The van der Waals surface area contributed by atoms with Crippen LogP contribution in [0.2, 0.25) is 0 Å². The quantitative estimate of drug-likeness (QED) is 0.684. The van der Waals surface area contributed by atoms with E-state index in [1.807, 2.05) is 20.8 Å². The molecule has 0 radical (unpaired) electrons. The van der Waals surface area contributed by atoms with Crippen molar-refractivity contribution in [1.29, 1.82) is 0 Å². The van der Waals surface area contributed by atoms with Crippen LogP contribution in [-0.2, 0) is 4.79 Å². The Balaban J connectivity index is 2.81. The highest BCUT2D eigenvalue weighted by Gasteiger charge is 2.29. The second-order valence-corrected chi connectivity index (χ2v) is 4.24. The normalized spacial score (nSPS) is 14.2. The maximum Gasteiger partial charge on any atom is 0.185 e. The van der Waals surface area contributed by atoms with E-state index in [4.69, 9.17) is 11.6 Å². The molecule has 1 rings (SSSR count). The average molecular weight is 202 g/mol. The van der Waals surface area contributed by atoms with E-state index in [2.05, 4.69) is 10.1 Å². The molecule has 0 fully saturated rings. The number of hydrogen-bond donors (Lipinski definition) is 0. The van der Waals surface area contributed by atoms with Gasteiger partial charge in [-0.2, -0.15) is 5.10 Å². The van der Waals surface area contributed by atoms with Crippen LogP contribution in [-0.4, -0.2) is 20.5 Å². The van der Waals surface area contributed by atoms with Gasteiger partial charge in [0, 0.05) is 5.41 Å². The Morgan fingerprint density at radius 2 is 2.15 bits per heavy atom. The molecule has 1 heterocycles. The molecule has 0 aromatic carbocycles. The first-order chi connectivity index (χ1) is 5.93. The Bertz CT molecular complexity index is 289. The first-order valence-electron chi connectivity index (χ1n) is 3.95. The summed E-state index contributed by atoms with van der Waals surface area (Å²) in [6, 6.07) is 0. The highest BCUT2D eigenvalue weighted by atomic mass is 35.5. The zero-order valence-corrected chi connectivity index (χ0v) is 8.62. The topological polar surface area (TPSA) is 47.8 Å². The van der Waals surface area contributed by atoms with Crippen LogP contribution in [0.15, 0.2) is 12.7 Å². The van der Waals surface area contributed by atoms with Gasteiger partial charge in [-0.1, -0.05) is 32.4 Å².